The monoisotopic (exact) mass is 332 g/mol. The van der Waals surface area contributed by atoms with E-state index in [-0.39, 0.29) is 5.97 Å². The van der Waals surface area contributed by atoms with Crippen LogP contribution >= 0.6 is 0 Å². The highest BCUT2D eigenvalue weighted by Crippen LogP contribution is 2.31. The fourth-order valence-electron chi connectivity index (χ4n) is 3.40. The molecule has 0 radical (unpaired) electrons. The number of cyclic esters (lactones) is 1. The predicted octanol–water partition coefficient (Wildman–Crippen LogP) is 4.56. The lowest BCUT2D eigenvalue weighted by Crippen LogP contribution is -2.03. The second-order valence-electron chi connectivity index (χ2n) is 6.46. The topological polar surface area (TPSA) is 35.5 Å². The Labute approximate surface area is 147 Å². The minimum Gasteiger partial charge on any atom is -0.497 e. The highest BCUT2D eigenvalue weighted by molar-refractivity contribution is 6.05. The molecule has 0 fully saturated rings. The lowest BCUT2D eigenvalue weighted by molar-refractivity contribution is -0.130. The number of rotatable bonds is 3. The molecule has 0 saturated carbocycles. The van der Waals surface area contributed by atoms with Gasteiger partial charge in [-0.15, -0.1) is 0 Å². The SMILES string of the molecule is COc1ccc(/C=C2/C=C(c3ccc4c(c3)CCCC4)OC2=O)cc1. The number of methoxy groups -OCH3 is 1. The van der Waals surface area contributed by atoms with E-state index in [9.17, 15) is 4.79 Å². The Kier molecular flexibility index (Phi) is 4.14. The minimum absolute atomic E-state index is 0.302. The zero-order valence-electron chi connectivity index (χ0n) is 14.2. The molecular weight excluding hydrogens is 312 g/mol. The van der Waals surface area contributed by atoms with Crippen molar-refractivity contribution in [2.75, 3.05) is 7.11 Å². The van der Waals surface area contributed by atoms with Gasteiger partial charge in [0.1, 0.15) is 11.5 Å². The van der Waals surface area contributed by atoms with Crippen molar-refractivity contribution in [3.63, 3.8) is 0 Å². The maximum absolute atomic E-state index is 12.2. The molecule has 0 spiro atoms. The quantitative estimate of drug-likeness (QED) is 0.611. The zero-order valence-corrected chi connectivity index (χ0v) is 14.2. The number of carbonyl (C=O) groups excluding carboxylic acids is 1. The second-order valence-corrected chi connectivity index (χ2v) is 6.46. The normalized spacial score (nSPS) is 17.9. The molecule has 2 aromatic rings. The molecule has 0 unspecified atom stereocenters. The first kappa shape index (κ1) is 15.7. The summed E-state index contributed by atoms with van der Waals surface area (Å²) < 4.78 is 10.7. The van der Waals surface area contributed by atoms with Gasteiger partial charge >= 0.3 is 5.97 Å². The summed E-state index contributed by atoms with van der Waals surface area (Å²) in [6.45, 7) is 0. The highest BCUT2D eigenvalue weighted by Gasteiger charge is 2.23. The van der Waals surface area contributed by atoms with Gasteiger partial charge in [-0.25, -0.2) is 4.79 Å². The first-order valence-corrected chi connectivity index (χ1v) is 8.65. The van der Waals surface area contributed by atoms with Crippen LogP contribution in [-0.2, 0) is 22.4 Å². The molecule has 0 saturated heterocycles. The molecule has 126 valence electrons. The number of carbonyl (C=O) groups is 1. The van der Waals surface area contributed by atoms with Crippen molar-refractivity contribution in [3.8, 4) is 5.75 Å². The van der Waals surface area contributed by atoms with Crippen LogP contribution in [0.2, 0.25) is 0 Å². The molecule has 0 atom stereocenters. The van der Waals surface area contributed by atoms with Gasteiger partial charge in [-0.05, 0) is 72.7 Å². The van der Waals surface area contributed by atoms with E-state index in [1.165, 1.54) is 24.0 Å². The van der Waals surface area contributed by atoms with Crippen molar-refractivity contribution in [3.05, 3.63) is 76.4 Å². The second kappa shape index (κ2) is 6.60. The predicted molar refractivity (Wildman–Crippen MR) is 98.1 cm³/mol. The highest BCUT2D eigenvalue weighted by atomic mass is 16.5. The van der Waals surface area contributed by atoms with Crippen LogP contribution in [0.1, 0.15) is 35.1 Å². The van der Waals surface area contributed by atoms with E-state index in [0.717, 1.165) is 29.7 Å². The molecule has 1 aliphatic heterocycles. The van der Waals surface area contributed by atoms with E-state index < -0.39 is 0 Å². The third-order valence-electron chi connectivity index (χ3n) is 4.80. The fourth-order valence-corrected chi connectivity index (χ4v) is 3.40. The molecule has 2 aliphatic rings. The van der Waals surface area contributed by atoms with Crippen molar-refractivity contribution in [2.24, 2.45) is 0 Å². The molecule has 1 heterocycles. The van der Waals surface area contributed by atoms with E-state index in [1.807, 2.05) is 36.4 Å². The third kappa shape index (κ3) is 3.22. The van der Waals surface area contributed by atoms with Gasteiger partial charge < -0.3 is 9.47 Å². The van der Waals surface area contributed by atoms with Crippen LogP contribution in [0.4, 0.5) is 0 Å². The molecule has 0 amide bonds. The summed E-state index contributed by atoms with van der Waals surface area (Å²) >= 11 is 0. The van der Waals surface area contributed by atoms with Crippen LogP contribution in [0.25, 0.3) is 11.8 Å². The number of hydrogen-bond acceptors (Lipinski definition) is 3. The summed E-state index contributed by atoms with van der Waals surface area (Å²) in [6, 6.07) is 14.0. The van der Waals surface area contributed by atoms with Crippen molar-refractivity contribution in [1.29, 1.82) is 0 Å². The summed E-state index contributed by atoms with van der Waals surface area (Å²) in [4.78, 5) is 12.2. The van der Waals surface area contributed by atoms with Gasteiger partial charge in [0, 0.05) is 5.56 Å². The van der Waals surface area contributed by atoms with E-state index in [1.54, 1.807) is 7.11 Å². The van der Waals surface area contributed by atoms with Crippen molar-refractivity contribution < 1.29 is 14.3 Å². The van der Waals surface area contributed by atoms with E-state index in [2.05, 4.69) is 18.2 Å². The largest absolute Gasteiger partial charge is 0.497 e. The smallest absolute Gasteiger partial charge is 0.343 e. The number of fused-ring (bicyclic) bond motifs is 1. The van der Waals surface area contributed by atoms with Gasteiger partial charge in [-0.1, -0.05) is 24.3 Å². The van der Waals surface area contributed by atoms with Gasteiger partial charge in [-0.3, -0.25) is 0 Å². The zero-order chi connectivity index (χ0) is 17.2. The van der Waals surface area contributed by atoms with Gasteiger partial charge in [0.2, 0.25) is 0 Å². The summed E-state index contributed by atoms with van der Waals surface area (Å²) in [7, 11) is 1.63. The number of ether oxygens (including phenoxy) is 2. The van der Waals surface area contributed by atoms with Crippen LogP contribution < -0.4 is 4.74 Å². The number of aryl methyl sites for hydroxylation is 2. The van der Waals surface area contributed by atoms with Crippen LogP contribution in [0.15, 0.2) is 54.1 Å². The van der Waals surface area contributed by atoms with Crippen LogP contribution in [-0.4, -0.2) is 13.1 Å². The lowest BCUT2D eigenvalue weighted by Gasteiger charge is -2.16. The Bertz CT molecular complexity index is 873. The summed E-state index contributed by atoms with van der Waals surface area (Å²) in [5.41, 5.74) is 5.29. The van der Waals surface area contributed by atoms with Gasteiger partial charge in [0.25, 0.3) is 0 Å². The van der Waals surface area contributed by atoms with Crippen molar-refractivity contribution in [2.45, 2.75) is 25.7 Å². The van der Waals surface area contributed by atoms with Crippen molar-refractivity contribution in [1.82, 2.24) is 0 Å². The van der Waals surface area contributed by atoms with Gasteiger partial charge in [0.05, 0.1) is 12.7 Å². The van der Waals surface area contributed by atoms with Crippen molar-refractivity contribution >= 4 is 17.8 Å². The molecule has 1 aliphatic carbocycles. The Hall–Kier alpha value is -2.81. The molecule has 0 aromatic heterocycles. The van der Waals surface area contributed by atoms with Gasteiger partial charge in [0.15, 0.2) is 0 Å². The Morgan fingerprint density at radius 2 is 1.76 bits per heavy atom. The molecular formula is C22H20O3. The Morgan fingerprint density at radius 1 is 1.00 bits per heavy atom. The summed E-state index contributed by atoms with van der Waals surface area (Å²) in [5, 5.41) is 0. The van der Waals surface area contributed by atoms with Crippen LogP contribution in [0.5, 0.6) is 5.75 Å². The van der Waals surface area contributed by atoms with E-state index >= 15 is 0 Å². The maximum atomic E-state index is 12.2. The number of hydrogen-bond donors (Lipinski definition) is 0. The van der Waals surface area contributed by atoms with E-state index in [4.69, 9.17) is 9.47 Å². The maximum Gasteiger partial charge on any atom is 0.343 e. The Balaban J connectivity index is 1.62. The van der Waals surface area contributed by atoms with Gasteiger partial charge in [-0.2, -0.15) is 0 Å². The molecule has 0 N–H and O–H groups in total. The van der Waals surface area contributed by atoms with Crippen LogP contribution in [0.3, 0.4) is 0 Å². The first-order chi connectivity index (χ1) is 12.2. The Morgan fingerprint density at radius 3 is 2.52 bits per heavy atom. The minimum atomic E-state index is -0.302. The molecule has 3 heteroatoms. The number of esters is 1. The summed E-state index contributed by atoms with van der Waals surface area (Å²) in [6.07, 6.45) is 8.43. The third-order valence-corrected chi connectivity index (χ3v) is 4.80. The molecule has 25 heavy (non-hydrogen) atoms. The molecule has 2 aromatic carbocycles. The molecule has 0 bridgehead atoms. The summed E-state index contributed by atoms with van der Waals surface area (Å²) in [5.74, 6) is 1.13. The average Bonchev–Trinajstić information content (AvgIpc) is 3.02. The van der Waals surface area contributed by atoms with Crippen LogP contribution in [0, 0.1) is 0 Å². The average molecular weight is 332 g/mol. The first-order valence-electron chi connectivity index (χ1n) is 8.65. The van der Waals surface area contributed by atoms with E-state index in [0.29, 0.717) is 11.3 Å². The molecule has 4 rings (SSSR count). The fraction of sp³-hybridized carbons (Fsp3) is 0.227. The number of benzene rings is 2. The molecule has 3 nitrogen and oxygen atoms in total. The lowest BCUT2D eigenvalue weighted by atomic mass is 9.90. The standard InChI is InChI=1S/C22H20O3/c1-24-20-10-6-15(7-11-20)12-19-14-21(25-22(19)23)18-9-8-16-4-2-3-5-17(16)13-18/h6-14H,2-5H2,1H3/b19-12-.